The Morgan fingerprint density at radius 1 is 1.14 bits per heavy atom. The Morgan fingerprint density at radius 3 is 2.61 bits per heavy atom. The van der Waals surface area contributed by atoms with Crippen LogP contribution in [0.4, 0.5) is 0 Å². The molecule has 0 unspecified atom stereocenters. The van der Waals surface area contributed by atoms with Crippen LogP contribution in [0.3, 0.4) is 0 Å². The summed E-state index contributed by atoms with van der Waals surface area (Å²) in [5.74, 6) is 1.87. The maximum atomic E-state index is 12.5. The number of carbonyl (C=O) groups is 2. The molecular weight excluding hydrogens is 356 g/mol. The number of likely N-dealkylation sites (tertiary alicyclic amines) is 1. The molecule has 154 valence electrons. The van der Waals surface area contributed by atoms with Crippen molar-refractivity contribution in [2.45, 2.75) is 44.9 Å². The first-order valence-corrected chi connectivity index (χ1v) is 10.4. The quantitative estimate of drug-likeness (QED) is 0.744. The van der Waals surface area contributed by atoms with Gasteiger partial charge in [-0.05, 0) is 42.9 Å². The van der Waals surface area contributed by atoms with E-state index >= 15 is 0 Å². The van der Waals surface area contributed by atoms with Crippen LogP contribution >= 0.6 is 0 Å². The zero-order chi connectivity index (χ0) is 19.9. The summed E-state index contributed by atoms with van der Waals surface area (Å²) < 4.78 is 10.6. The molecule has 1 aliphatic carbocycles. The van der Waals surface area contributed by atoms with E-state index in [4.69, 9.17) is 9.47 Å². The largest absolute Gasteiger partial charge is 0.493 e. The number of nitrogens with zero attached hydrogens (tertiary/aromatic N) is 1. The highest BCUT2D eigenvalue weighted by Crippen LogP contribution is 2.28. The van der Waals surface area contributed by atoms with Gasteiger partial charge in [0.1, 0.15) is 0 Å². The van der Waals surface area contributed by atoms with E-state index < -0.39 is 0 Å². The Balaban J connectivity index is 1.47. The Hall–Kier alpha value is -2.24. The minimum absolute atomic E-state index is 0.0348. The van der Waals surface area contributed by atoms with E-state index in [0.29, 0.717) is 36.9 Å². The lowest BCUT2D eigenvalue weighted by Gasteiger charge is -2.22. The van der Waals surface area contributed by atoms with Gasteiger partial charge < -0.3 is 19.7 Å². The van der Waals surface area contributed by atoms with Crippen LogP contribution < -0.4 is 14.8 Å². The third-order valence-corrected chi connectivity index (χ3v) is 5.99. The zero-order valence-corrected chi connectivity index (χ0v) is 17.0. The molecule has 1 saturated carbocycles. The molecule has 1 aromatic rings. The van der Waals surface area contributed by atoms with Gasteiger partial charge >= 0.3 is 0 Å². The van der Waals surface area contributed by atoms with Gasteiger partial charge in [-0.1, -0.05) is 25.3 Å². The number of ether oxygens (including phenoxy) is 2. The Labute approximate surface area is 167 Å². The number of carbonyl (C=O) groups excluding carboxylic acids is 2. The number of rotatable bonds is 8. The standard InChI is InChI=1S/C22H32N2O4/c1-27-19-9-8-16(12-20(19)28-2)10-11-24-15-18(13-21(24)25)22(26)23-14-17-6-4-3-5-7-17/h8-9,12,17-18H,3-7,10-11,13-15H2,1-2H3,(H,23,26)/t18-/m0/s1. The summed E-state index contributed by atoms with van der Waals surface area (Å²) in [6.45, 7) is 1.89. The summed E-state index contributed by atoms with van der Waals surface area (Å²) >= 11 is 0. The van der Waals surface area contributed by atoms with Gasteiger partial charge in [0.15, 0.2) is 11.5 Å². The molecule has 1 atom stereocenters. The topological polar surface area (TPSA) is 67.9 Å². The van der Waals surface area contributed by atoms with Gasteiger partial charge in [-0.25, -0.2) is 0 Å². The summed E-state index contributed by atoms with van der Waals surface area (Å²) in [5.41, 5.74) is 1.08. The fraction of sp³-hybridized carbons (Fsp3) is 0.636. The Kier molecular flexibility index (Phi) is 7.18. The van der Waals surface area contributed by atoms with Gasteiger partial charge in [-0.15, -0.1) is 0 Å². The average molecular weight is 389 g/mol. The van der Waals surface area contributed by atoms with E-state index in [1.807, 2.05) is 23.1 Å². The van der Waals surface area contributed by atoms with Gasteiger partial charge in [0.2, 0.25) is 11.8 Å². The monoisotopic (exact) mass is 388 g/mol. The van der Waals surface area contributed by atoms with Crippen molar-refractivity contribution in [1.82, 2.24) is 10.2 Å². The zero-order valence-electron chi connectivity index (χ0n) is 17.0. The molecule has 0 spiro atoms. The van der Waals surface area contributed by atoms with Gasteiger partial charge in [-0.2, -0.15) is 0 Å². The van der Waals surface area contributed by atoms with Crippen LogP contribution in [0.25, 0.3) is 0 Å². The molecule has 2 fully saturated rings. The summed E-state index contributed by atoms with van der Waals surface area (Å²) in [7, 11) is 3.22. The van der Waals surface area contributed by atoms with Crippen molar-refractivity contribution in [3.05, 3.63) is 23.8 Å². The van der Waals surface area contributed by atoms with Crippen molar-refractivity contribution in [1.29, 1.82) is 0 Å². The summed E-state index contributed by atoms with van der Waals surface area (Å²) in [4.78, 5) is 26.6. The van der Waals surface area contributed by atoms with Crippen LogP contribution in [0.5, 0.6) is 11.5 Å². The lowest BCUT2D eigenvalue weighted by molar-refractivity contribution is -0.129. The van der Waals surface area contributed by atoms with Gasteiger partial charge in [0.05, 0.1) is 20.1 Å². The predicted octanol–water partition coefficient (Wildman–Crippen LogP) is 2.79. The molecule has 2 aliphatic rings. The van der Waals surface area contributed by atoms with E-state index in [1.54, 1.807) is 14.2 Å². The highest BCUT2D eigenvalue weighted by molar-refractivity contribution is 5.89. The molecule has 1 saturated heterocycles. The molecule has 6 heteroatoms. The first kappa shape index (κ1) is 20.5. The van der Waals surface area contributed by atoms with Crippen molar-refractivity contribution in [3.8, 4) is 11.5 Å². The van der Waals surface area contributed by atoms with Crippen LogP contribution in [0.1, 0.15) is 44.1 Å². The first-order chi connectivity index (χ1) is 13.6. The number of nitrogens with one attached hydrogen (secondary N) is 1. The summed E-state index contributed by atoms with van der Waals surface area (Å²) in [6.07, 6.45) is 7.32. The lowest BCUT2D eigenvalue weighted by Crippen LogP contribution is -2.36. The second-order valence-electron chi connectivity index (χ2n) is 7.93. The fourth-order valence-electron chi connectivity index (χ4n) is 4.24. The molecule has 6 nitrogen and oxygen atoms in total. The average Bonchev–Trinajstić information content (AvgIpc) is 3.11. The minimum atomic E-state index is -0.221. The van der Waals surface area contributed by atoms with E-state index in [-0.39, 0.29) is 17.7 Å². The van der Waals surface area contributed by atoms with Crippen LogP contribution in [0.15, 0.2) is 18.2 Å². The van der Waals surface area contributed by atoms with E-state index in [1.165, 1.54) is 32.1 Å². The van der Waals surface area contributed by atoms with Crippen molar-refractivity contribution in [2.24, 2.45) is 11.8 Å². The summed E-state index contributed by atoms with van der Waals surface area (Å²) in [5, 5.41) is 3.09. The number of benzene rings is 1. The molecule has 1 aliphatic heterocycles. The van der Waals surface area contributed by atoms with Crippen molar-refractivity contribution in [3.63, 3.8) is 0 Å². The molecule has 0 bridgehead atoms. The minimum Gasteiger partial charge on any atom is -0.493 e. The van der Waals surface area contributed by atoms with E-state index in [9.17, 15) is 9.59 Å². The van der Waals surface area contributed by atoms with Crippen molar-refractivity contribution >= 4 is 11.8 Å². The maximum Gasteiger partial charge on any atom is 0.225 e. The van der Waals surface area contributed by atoms with Crippen LogP contribution in [-0.4, -0.2) is 50.6 Å². The van der Waals surface area contributed by atoms with Crippen LogP contribution in [0.2, 0.25) is 0 Å². The van der Waals surface area contributed by atoms with E-state index in [2.05, 4.69) is 5.32 Å². The predicted molar refractivity (Wildman–Crippen MR) is 108 cm³/mol. The second-order valence-corrected chi connectivity index (χ2v) is 7.93. The molecule has 1 heterocycles. The summed E-state index contributed by atoms with van der Waals surface area (Å²) in [6, 6.07) is 5.80. The Morgan fingerprint density at radius 2 is 1.89 bits per heavy atom. The molecule has 1 N–H and O–H groups in total. The molecule has 28 heavy (non-hydrogen) atoms. The van der Waals surface area contributed by atoms with Crippen molar-refractivity contribution in [2.75, 3.05) is 33.9 Å². The number of hydrogen-bond donors (Lipinski definition) is 1. The van der Waals surface area contributed by atoms with Gasteiger partial charge in [0.25, 0.3) is 0 Å². The number of methoxy groups -OCH3 is 2. The molecular formula is C22H32N2O4. The lowest BCUT2D eigenvalue weighted by atomic mass is 9.89. The van der Waals surface area contributed by atoms with Gasteiger partial charge in [0, 0.05) is 26.1 Å². The maximum absolute atomic E-state index is 12.5. The van der Waals surface area contributed by atoms with Crippen molar-refractivity contribution < 1.29 is 19.1 Å². The first-order valence-electron chi connectivity index (χ1n) is 10.4. The molecule has 1 aromatic carbocycles. The molecule has 0 radical (unpaired) electrons. The molecule has 3 rings (SSSR count). The third kappa shape index (κ3) is 5.18. The molecule has 2 amide bonds. The molecule has 0 aromatic heterocycles. The Bertz CT molecular complexity index is 685. The van der Waals surface area contributed by atoms with Gasteiger partial charge in [-0.3, -0.25) is 9.59 Å². The fourth-order valence-corrected chi connectivity index (χ4v) is 4.24. The third-order valence-electron chi connectivity index (χ3n) is 5.99. The SMILES string of the molecule is COc1ccc(CCN2C[C@@H](C(=O)NCC3CCCCC3)CC2=O)cc1OC. The van der Waals surface area contributed by atoms with Crippen LogP contribution in [0, 0.1) is 11.8 Å². The smallest absolute Gasteiger partial charge is 0.225 e. The van der Waals surface area contributed by atoms with Crippen LogP contribution in [-0.2, 0) is 16.0 Å². The number of hydrogen-bond acceptors (Lipinski definition) is 4. The highest BCUT2D eigenvalue weighted by atomic mass is 16.5. The highest BCUT2D eigenvalue weighted by Gasteiger charge is 2.34. The normalized spacial score (nSPS) is 20.3. The van der Waals surface area contributed by atoms with E-state index in [0.717, 1.165) is 18.5 Å². The second kappa shape index (κ2) is 9.80. The number of amides is 2.